The lowest BCUT2D eigenvalue weighted by Crippen LogP contribution is -2.11. The summed E-state index contributed by atoms with van der Waals surface area (Å²) < 4.78 is 11.0. The Labute approximate surface area is 105 Å². The summed E-state index contributed by atoms with van der Waals surface area (Å²) in [4.78, 5) is 10.6. The van der Waals surface area contributed by atoms with Gasteiger partial charge < -0.3 is 19.9 Å². The number of hydrogen-bond donors (Lipinski definition) is 2. The summed E-state index contributed by atoms with van der Waals surface area (Å²) in [6.07, 6.45) is 0.854. The van der Waals surface area contributed by atoms with E-state index in [1.807, 2.05) is 12.1 Å². The zero-order chi connectivity index (χ0) is 13.0. The van der Waals surface area contributed by atoms with Crippen molar-refractivity contribution in [2.75, 3.05) is 25.1 Å². The average Bonchev–Trinajstić information content (AvgIpc) is 2.60. The molecule has 96 valence electrons. The van der Waals surface area contributed by atoms with Gasteiger partial charge in [-0.15, -0.1) is 0 Å². The molecule has 5 heteroatoms. The Morgan fingerprint density at radius 2 is 2.06 bits per heavy atom. The van der Waals surface area contributed by atoms with Gasteiger partial charge in [0.15, 0.2) is 11.5 Å². The van der Waals surface area contributed by atoms with Crippen molar-refractivity contribution in [2.45, 2.75) is 6.42 Å². The van der Waals surface area contributed by atoms with Crippen LogP contribution in [0.2, 0.25) is 0 Å². The first-order chi connectivity index (χ1) is 8.66. The van der Waals surface area contributed by atoms with E-state index in [0.29, 0.717) is 19.0 Å². The van der Waals surface area contributed by atoms with E-state index in [4.69, 9.17) is 14.6 Å². The fourth-order valence-electron chi connectivity index (χ4n) is 1.56. The molecule has 2 N–H and O–H groups in total. The minimum absolute atomic E-state index is 0.113. The molecule has 0 saturated carbocycles. The summed E-state index contributed by atoms with van der Waals surface area (Å²) in [7, 11) is 0. The van der Waals surface area contributed by atoms with E-state index < -0.39 is 5.97 Å². The smallest absolute Gasteiger partial charge is 0.332 e. The Morgan fingerprint density at radius 1 is 1.33 bits per heavy atom. The van der Waals surface area contributed by atoms with Crippen LogP contribution in [-0.2, 0) is 4.79 Å². The molecule has 1 aliphatic heterocycles. The van der Waals surface area contributed by atoms with Crippen LogP contribution in [-0.4, -0.2) is 30.8 Å². The van der Waals surface area contributed by atoms with E-state index >= 15 is 0 Å². The minimum Gasteiger partial charge on any atom is -0.490 e. The first-order valence-electron chi connectivity index (χ1n) is 5.71. The van der Waals surface area contributed by atoms with Gasteiger partial charge in [0.05, 0.1) is 13.2 Å². The van der Waals surface area contributed by atoms with Gasteiger partial charge in [0.2, 0.25) is 0 Å². The van der Waals surface area contributed by atoms with Crippen LogP contribution in [0.15, 0.2) is 30.4 Å². The molecule has 0 aliphatic carbocycles. The molecule has 0 radical (unpaired) electrons. The summed E-state index contributed by atoms with van der Waals surface area (Å²) in [5, 5.41) is 11.7. The van der Waals surface area contributed by atoms with Gasteiger partial charge in [-0.1, -0.05) is 6.58 Å². The molecule has 0 aromatic heterocycles. The molecule has 5 nitrogen and oxygen atoms in total. The van der Waals surface area contributed by atoms with Gasteiger partial charge in [0, 0.05) is 30.3 Å². The first-order valence-corrected chi connectivity index (χ1v) is 5.71. The van der Waals surface area contributed by atoms with Crippen LogP contribution in [0.1, 0.15) is 6.42 Å². The largest absolute Gasteiger partial charge is 0.490 e. The Bertz CT molecular complexity index is 470. The number of benzene rings is 1. The lowest BCUT2D eigenvalue weighted by atomic mass is 10.2. The van der Waals surface area contributed by atoms with Gasteiger partial charge in [-0.05, 0) is 12.1 Å². The minimum atomic E-state index is -1.00. The van der Waals surface area contributed by atoms with Crippen LogP contribution in [0.4, 0.5) is 5.69 Å². The maximum atomic E-state index is 10.6. The SMILES string of the molecule is C=C(CNc1ccc2c(c1)OCCCO2)C(=O)O. The molecule has 18 heavy (non-hydrogen) atoms. The van der Waals surface area contributed by atoms with Gasteiger partial charge in [-0.25, -0.2) is 4.79 Å². The topological polar surface area (TPSA) is 67.8 Å². The third kappa shape index (κ3) is 2.94. The molecule has 0 amide bonds. The number of carbonyl (C=O) groups is 1. The van der Waals surface area contributed by atoms with Gasteiger partial charge in [-0.2, -0.15) is 0 Å². The zero-order valence-electron chi connectivity index (χ0n) is 9.94. The van der Waals surface area contributed by atoms with E-state index in [2.05, 4.69) is 11.9 Å². The van der Waals surface area contributed by atoms with Crippen molar-refractivity contribution in [2.24, 2.45) is 0 Å². The fraction of sp³-hybridized carbons (Fsp3) is 0.308. The third-order valence-corrected chi connectivity index (χ3v) is 2.56. The molecule has 1 heterocycles. The predicted octanol–water partition coefficient (Wildman–Crippen LogP) is 1.90. The van der Waals surface area contributed by atoms with Crippen LogP contribution >= 0.6 is 0 Å². The van der Waals surface area contributed by atoms with E-state index in [1.165, 1.54) is 0 Å². The number of ether oxygens (including phenoxy) is 2. The van der Waals surface area contributed by atoms with Crippen LogP contribution < -0.4 is 14.8 Å². The van der Waals surface area contributed by atoms with Crippen LogP contribution in [0.25, 0.3) is 0 Å². The molecule has 0 unspecified atom stereocenters. The van der Waals surface area contributed by atoms with Crippen molar-refractivity contribution < 1.29 is 19.4 Å². The molecule has 1 aliphatic rings. The highest BCUT2D eigenvalue weighted by Gasteiger charge is 2.11. The summed E-state index contributed by atoms with van der Waals surface area (Å²) in [5.74, 6) is 0.394. The van der Waals surface area contributed by atoms with Crippen LogP contribution in [0, 0.1) is 0 Å². The van der Waals surface area contributed by atoms with E-state index in [0.717, 1.165) is 17.9 Å². The molecule has 0 bridgehead atoms. The maximum Gasteiger partial charge on any atom is 0.332 e. The molecule has 1 aromatic carbocycles. The quantitative estimate of drug-likeness (QED) is 0.798. The summed E-state index contributed by atoms with van der Waals surface area (Å²) in [6, 6.07) is 5.44. The monoisotopic (exact) mass is 249 g/mol. The number of nitrogens with one attached hydrogen (secondary N) is 1. The van der Waals surface area contributed by atoms with Crippen molar-refractivity contribution >= 4 is 11.7 Å². The van der Waals surface area contributed by atoms with Crippen molar-refractivity contribution in [3.05, 3.63) is 30.4 Å². The fourth-order valence-corrected chi connectivity index (χ4v) is 1.56. The highest BCUT2D eigenvalue weighted by Crippen LogP contribution is 2.32. The molecule has 0 saturated heterocycles. The van der Waals surface area contributed by atoms with Crippen molar-refractivity contribution in [3.63, 3.8) is 0 Å². The Morgan fingerprint density at radius 3 is 2.78 bits per heavy atom. The van der Waals surface area contributed by atoms with Gasteiger partial charge in [-0.3, -0.25) is 0 Å². The highest BCUT2D eigenvalue weighted by atomic mass is 16.5. The third-order valence-electron chi connectivity index (χ3n) is 2.56. The highest BCUT2D eigenvalue weighted by molar-refractivity contribution is 5.86. The predicted molar refractivity (Wildman–Crippen MR) is 67.3 cm³/mol. The average molecular weight is 249 g/mol. The van der Waals surface area contributed by atoms with Gasteiger partial charge >= 0.3 is 5.97 Å². The summed E-state index contributed by atoms with van der Waals surface area (Å²) in [5.41, 5.74) is 0.892. The molecule has 2 rings (SSSR count). The normalized spacial score (nSPS) is 13.6. The standard InChI is InChI=1S/C13H15NO4/c1-9(13(15)16)8-14-10-3-4-11-12(7-10)18-6-2-5-17-11/h3-4,7,14H,1-2,5-6,8H2,(H,15,16). The number of aliphatic carboxylic acids is 1. The number of rotatable bonds is 4. The molecule has 1 aromatic rings. The number of anilines is 1. The number of carboxylic acids is 1. The molecular formula is C13H15NO4. The lowest BCUT2D eigenvalue weighted by molar-refractivity contribution is -0.132. The maximum absolute atomic E-state index is 10.6. The Balaban J connectivity index is 2.04. The van der Waals surface area contributed by atoms with Crippen LogP contribution in [0.5, 0.6) is 11.5 Å². The summed E-state index contributed by atoms with van der Waals surface area (Å²) in [6.45, 7) is 4.91. The van der Waals surface area contributed by atoms with Gasteiger partial charge in [0.25, 0.3) is 0 Å². The zero-order valence-corrected chi connectivity index (χ0v) is 9.94. The second-order valence-electron chi connectivity index (χ2n) is 3.97. The van der Waals surface area contributed by atoms with Crippen molar-refractivity contribution in [1.82, 2.24) is 0 Å². The first kappa shape index (κ1) is 12.3. The van der Waals surface area contributed by atoms with E-state index in [-0.39, 0.29) is 12.1 Å². The van der Waals surface area contributed by atoms with Crippen molar-refractivity contribution in [1.29, 1.82) is 0 Å². The Hall–Kier alpha value is -2.17. The number of fused-ring (bicyclic) bond motifs is 1. The molecular weight excluding hydrogens is 234 g/mol. The summed E-state index contributed by atoms with van der Waals surface area (Å²) >= 11 is 0. The lowest BCUT2D eigenvalue weighted by Gasteiger charge is -2.11. The molecule has 0 atom stereocenters. The second kappa shape index (κ2) is 5.44. The van der Waals surface area contributed by atoms with Crippen LogP contribution in [0.3, 0.4) is 0 Å². The number of carboxylic acid groups (broad SMARTS) is 1. The molecule has 0 fully saturated rings. The molecule has 0 spiro atoms. The van der Waals surface area contributed by atoms with E-state index in [1.54, 1.807) is 6.07 Å². The number of hydrogen-bond acceptors (Lipinski definition) is 4. The Kier molecular flexibility index (Phi) is 3.72. The second-order valence-corrected chi connectivity index (χ2v) is 3.97. The van der Waals surface area contributed by atoms with Gasteiger partial charge in [0.1, 0.15) is 0 Å². The van der Waals surface area contributed by atoms with E-state index in [9.17, 15) is 4.79 Å². The van der Waals surface area contributed by atoms with Crippen molar-refractivity contribution in [3.8, 4) is 11.5 Å².